The number of aliphatic hydroxyl groups excluding tert-OH is 1. The topological polar surface area (TPSA) is 220 Å². The van der Waals surface area contributed by atoms with Crippen molar-refractivity contribution < 1.29 is 39.0 Å². The SMILES string of the molecule is NC(=O)OCC1=C(C(=O)O)N2C(=O)C(NC(=O)C(=NOCCO)c3csc(N)n3)[C@@H]2SC1. The van der Waals surface area contributed by atoms with Gasteiger partial charge in [-0.25, -0.2) is 14.6 Å². The number of aromatic nitrogens is 1. The molecule has 7 N–H and O–H groups in total. The summed E-state index contributed by atoms with van der Waals surface area (Å²) in [4.78, 5) is 57.9. The Morgan fingerprint density at radius 1 is 1.41 bits per heavy atom. The molecule has 2 aliphatic heterocycles. The van der Waals surface area contributed by atoms with E-state index in [4.69, 9.17) is 21.4 Å². The van der Waals surface area contributed by atoms with Crippen molar-refractivity contribution in [3.05, 3.63) is 22.3 Å². The first-order chi connectivity index (χ1) is 15.2. The van der Waals surface area contributed by atoms with E-state index in [0.29, 0.717) is 0 Å². The highest BCUT2D eigenvalue weighted by atomic mass is 32.2. The van der Waals surface area contributed by atoms with Crippen LogP contribution in [-0.4, -0.2) is 86.7 Å². The smallest absolute Gasteiger partial charge is 0.404 e. The van der Waals surface area contributed by atoms with Crippen LogP contribution in [-0.2, 0) is 24.0 Å². The second-order valence-electron chi connectivity index (χ2n) is 6.29. The molecule has 0 radical (unpaired) electrons. The lowest BCUT2D eigenvalue weighted by Gasteiger charge is -2.49. The van der Waals surface area contributed by atoms with Crippen LogP contribution in [0.25, 0.3) is 0 Å². The van der Waals surface area contributed by atoms with Gasteiger partial charge in [0.25, 0.3) is 11.8 Å². The second-order valence-corrected chi connectivity index (χ2v) is 8.29. The van der Waals surface area contributed by atoms with Crippen molar-refractivity contribution in [3.63, 3.8) is 0 Å². The van der Waals surface area contributed by atoms with Crippen LogP contribution in [0.4, 0.5) is 9.93 Å². The maximum Gasteiger partial charge on any atom is 0.404 e. The van der Waals surface area contributed by atoms with Gasteiger partial charge in [-0.2, -0.15) is 0 Å². The summed E-state index contributed by atoms with van der Waals surface area (Å²) in [5, 5.41) is 25.5. The third-order valence-electron chi connectivity index (χ3n) is 4.24. The number of nitrogens with one attached hydrogen (secondary N) is 1. The number of anilines is 1. The molecule has 0 saturated carbocycles. The number of carboxylic acids is 1. The summed E-state index contributed by atoms with van der Waals surface area (Å²) in [6, 6.07) is -1.04. The fourth-order valence-electron chi connectivity index (χ4n) is 2.91. The van der Waals surface area contributed by atoms with Gasteiger partial charge in [0.1, 0.15) is 36.0 Å². The first-order valence-electron chi connectivity index (χ1n) is 8.89. The van der Waals surface area contributed by atoms with Gasteiger partial charge in [0.15, 0.2) is 10.8 Å². The van der Waals surface area contributed by atoms with Gasteiger partial charge in [-0.1, -0.05) is 5.16 Å². The lowest BCUT2D eigenvalue weighted by molar-refractivity contribution is -0.150. The molecule has 1 aromatic rings. The summed E-state index contributed by atoms with van der Waals surface area (Å²) in [5.74, 6) is -2.71. The van der Waals surface area contributed by atoms with E-state index >= 15 is 0 Å². The Hall–Kier alpha value is -3.37. The van der Waals surface area contributed by atoms with E-state index in [1.807, 2.05) is 0 Å². The number of β-lactam (4-membered cyclic amide) rings is 1. The zero-order valence-corrected chi connectivity index (χ0v) is 17.9. The van der Waals surface area contributed by atoms with Gasteiger partial charge in [-0.05, 0) is 0 Å². The van der Waals surface area contributed by atoms with Crippen LogP contribution >= 0.6 is 23.1 Å². The molecule has 0 aliphatic carbocycles. The third kappa shape index (κ3) is 4.76. The van der Waals surface area contributed by atoms with Crippen LogP contribution in [0.2, 0.25) is 0 Å². The molecule has 3 amide bonds. The summed E-state index contributed by atoms with van der Waals surface area (Å²) < 4.78 is 4.66. The molecule has 0 bridgehead atoms. The quantitative estimate of drug-likeness (QED) is 0.114. The monoisotopic (exact) mass is 486 g/mol. The van der Waals surface area contributed by atoms with E-state index in [1.165, 1.54) is 17.1 Å². The number of aliphatic hydroxyl groups is 1. The minimum atomic E-state index is -1.38. The third-order valence-corrected chi connectivity index (χ3v) is 6.26. The molecule has 3 rings (SSSR count). The van der Waals surface area contributed by atoms with Crippen LogP contribution in [0.1, 0.15) is 5.69 Å². The number of nitrogens with zero attached hydrogens (tertiary/aromatic N) is 3. The highest BCUT2D eigenvalue weighted by Gasteiger charge is 2.54. The number of ether oxygens (including phenoxy) is 1. The molecule has 16 heteroatoms. The Kier molecular flexibility index (Phi) is 7.16. The number of carboxylic acid groups (broad SMARTS) is 1. The number of nitrogens with two attached hydrogens (primary N) is 2. The number of oxime groups is 1. The summed E-state index contributed by atoms with van der Waals surface area (Å²) >= 11 is 2.24. The van der Waals surface area contributed by atoms with Crippen molar-refractivity contribution >= 4 is 57.8 Å². The lowest BCUT2D eigenvalue weighted by Crippen LogP contribution is -2.71. The molecule has 2 aliphatic rings. The maximum absolute atomic E-state index is 12.8. The van der Waals surface area contributed by atoms with Crippen molar-refractivity contribution in [2.45, 2.75) is 11.4 Å². The number of hydrogen-bond donors (Lipinski definition) is 5. The van der Waals surface area contributed by atoms with Crippen LogP contribution < -0.4 is 16.8 Å². The van der Waals surface area contributed by atoms with Crippen LogP contribution in [0.15, 0.2) is 21.8 Å². The van der Waals surface area contributed by atoms with E-state index in [9.17, 15) is 24.3 Å². The fraction of sp³-hybridized carbons (Fsp3) is 0.375. The minimum Gasteiger partial charge on any atom is -0.477 e. The summed E-state index contributed by atoms with van der Waals surface area (Å²) in [6.45, 7) is -0.881. The van der Waals surface area contributed by atoms with Gasteiger partial charge in [-0.3, -0.25) is 14.5 Å². The fourth-order valence-corrected chi connectivity index (χ4v) is 4.79. The Morgan fingerprint density at radius 3 is 2.75 bits per heavy atom. The molecule has 1 fully saturated rings. The van der Waals surface area contributed by atoms with Gasteiger partial charge in [0.05, 0.1) is 6.61 Å². The molecule has 2 atom stereocenters. The number of aliphatic carboxylic acids is 1. The zero-order chi connectivity index (χ0) is 23.4. The molecular formula is C16H18N6O8S2. The number of primary amides is 1. The number of thioether (sulfide) groups is 1. The predicted molar refractivity (Wildman–Crippen MR) is 111 cm³/mol. The van der Waals surface area contributed by atoms with E-state index in [1.54, 1.807) is 0 Å². The van der Waals surface area contributed by atoms with Crippen LogP contribution in [0.5, 0.6) is 0 Å². The average molecular weight is 486 g/mol. The Bertz CT molecular complexity index is 1010. The number of thiazole rings is 1. The number of hydrogen-bond acceptors (Lipinski definition) is 12. The number of nitrogen functional groups attached to an aromatic ring is 1. The summed E-state index contributed by atoms with van der Waals surface area (Å²) in [7, 11) is 0. The van der Waals surface area contributed by atoms with Crippen molar-refractivity contribution in [3.8, 4) is 0 Å². The Labute approximate surface area is 188 Å². The molecule has 14 nitrogen and oxygen atoms in total. The van der Waals surface area contributed by atoms with E-state index in [0.717, 1.165) is 16.2 Å². The first-order valence-corrected chi connectivity index (χ1v) is 10.8. The van der Waals surface area contributed by atoms with Gasteiger partial charge in [-0.15, -0.1) is 23.1 Å². The normalized spacial score (nSPS) is 20.3. The Morgan fingerprint density at radius 2 is 2.16 bits per heavy atom. The zero-order valence-electron chi connectivity index (χ0n) is 16.2. The molecule has 1 saturated heterocycles. The molecule has 0 aromatic carbocycles. The number of rotatable bonds is 9. The van der Waals surface area contributed by atoms with Crippen molar-refractivity contribution in [2.24, 2.45) is 10.9 Å². The molecule has 1 unspecified atom stereocenters. The lowest BCUT2D eigenvalue weighted by atomic mass is 10.0. The number of carbonyl (C=O) groups is 4. The average Bonchev–Trinajstić information content (AvgIpc) is 3.18. The molecule has 3 heterocycles. The minimum absolute atomic E-state index is 0.111. The largest absolute Gasteiger partial charge is 0.477 e. The predicted octanol–water partition coefficient (Wildman–Crippen LogP) is -1.73. The highest BCUT2D eigenvalue weighted by molar-refractivity contribution is 8.00. The van der Waals surface area contributed by atoms with Crippen molar-refractivity contribution in [1.29, 1.82) is 0 Å². The van der Waals surface area contributed by atoms with Gasteiger partial charge in [0.2, 0.25) is 0 Å². The number of fused-ring (bicyclic) bond motifs is 1. The highest BCUT2D eigenvalue weighted by Crippen LogP contribution is 2.40. The standard InChI is InChI=1S/C16H18N6O8S2/c17-15-19-7(5-32-15)8(21-30-2-1-23)11(24)20-9-12(25)22-10(14(26)27)6(3-29-16(18)28)4-31-13(9)22/h5,9,13,23H,1-4H2,(H2,17,19)(H2,18,28)(H,20,24)(H,26,27)/t9?,13-/m0/s1. The molecule has 32 heavy (non-hydrogen) atoms. The molecule has 1 aromatic heterocycles. The number of amides is 3. The van der Waals surface area contributed by atoms with Crippen LogP contribution in [0, 0.1) is 0 Å². The van der Waals surface area contributed by atoms with E-state index in [2.05, 4.69) is 20.2 Å². The van der Waals surface area contributed by atoms with E-state index in [-0.39, 0.29) is 53.4 Å². The molecular weight excluding hydrogens is 468 g/mol. The van der Waals surface area contributed by atoms with Crippen molar-refractivity contribution in [2.75, 3.05) is 31.3 Å². The van der Waals surface area contributed by atoms with E-state index < -0.39 is 35.3 Å². The summed E-state index contributed by atoms with van der Waals surface area (Å²) in [6.07, 6.45) is -1.08. The van der Waals surface area contributed by atoms with Gasteiger partial charge in [0, 0.05) is 16.7 Å². The van der Waals surface area contributed by atoms with Crippen molar-refractivity contribution in [1.82, 2.24) is 15.2 Å². The van der Waals surface area contributed by atoms with Gasteiger partial charge >= 0.3 is 12.1 Å². The van der Waals surface area contributed by atoms with Crippen LogP contribution in [0.3, 0.4) is 0 Å². The molecule has 0 spiro atoms. The first kappa shape index (κ1) is 23.3. The second kappa shape index (κ2) is 9.84. The van der Waals surface area contributed by atoms with Gasteiger partial charge < -0.3 is 36.6 Å². The summed E-state index contributed by atoms with van der Waals surface area (Å²) in [5.41, 5.74) is 10.2. The molecule has 172 valence electrons. The Balaban J connectivity index is 1.77. The maximum atomic E-state index is 12.8. The number of carbonyl (C=O) groups excluding carboxylic acids is 3.